The molecule has 132 valence electrons. The van der Waals surface area contributed by atoms with E-state index in [1.165, 1.54) is 6.20 Å². The molecule has 2 heterocycles. The maximum atomic E-state index is 14.4. The molecule has 1 aliphatic heterocycles. The van der Waals surface area contributed by atoms with Crippen molar-refractivity contribution in [2.24, 2.45) is 0 Å². The molecular weight excluding hydrogens is 334 g/mol. The third-order valence-corrected chi connectivity index (χ3v) is 5.41. The first kappa shape index (κ1) is 15.9. The molecule has 0 unspecified atom stereocenters. The molecular formula is C17H16F2N2O4. The predicted octanol–water partition coefficient (Wildman–Crippen LogP) is 2.61. The van der Waals surface area contributed by atoms with Gasteiger partial charge >= 0.3 is 5.97 Å². The second-order valence-corrected chi connectivity index (χ2v) is 6.67. The number of carbonyl (C=O) groups is 1. The molecule has 1 fully saturated rings. The van der Waals surface area contributed by atoms with Crippen molar-refractivity contribution >= 4 is 22.6 Å². The lowest BCUT2D eigenvalue weighted by Gasteiger charge is -2.32. The number of carboxylic acid groups (broad SMARTS) is 1. The van der Waals surface area contributed by atoms with Crippen LogP contribution in [-0.4, -0.2) is 22.2 Å². The zero-order valence-electron chi connectivity index (χ0n) is 13.3. The maximum Gasteiger partial charge on any atom is 0.341 e. The Hall–Kier alpha value is -2.64. The molecule has 0 atom stereocenters. The number of anilines is 1. The number of benzene rings is 1. The molecule has 0 bridgehead atoms. The van der Waals surface area contributed by atoms with Crippen LogP contribution in [0.5, 0.6) is 5.75 Å². The predicted molar refractivity (Wildman–Crippen MR) is 86.0 cm³/mol. The van der Waals surface area contributed by atoms with Gasteiger partial charge in [-0.15, -0.1) is 0 Å². The highest BCUT2D eigenvalue weighted by Crippen LogP contribution is 2.46. The van der Waals surface area contributed by atoms with Crippen LogP contribution in [0, 0.1) is 11.6 Å². The molecule has 1 saturated carbocycles. The maximum absolute atomic E-state index is 14.4. The van der Waals surface area contributed by atoms with Gasteiger partial charge in [-0.3, -0.25) is 4.79 Å². The van der Waals surface area contributed by atoms with Crippen molar-refractivity contribution in [3.63, 3.8) is 0 Å². The van der Waals surface area contributed by atoms with Crippen LogP contribution in [-0.2, 0) is 5.54 Å². The third kappa shape index (κ3) is 1.99. The minimum atomic E-state index is -1.43. The summed E-state index contributed by atoms with van der Waals surface area (Å²) in [6, 6.07) is 0. The zero-order valence-corrected chi connectivity index (χ0v) is 13.3. The summed E-state index contributed by atoms with van der Waals surface area (Å²) >= 11 is 0. The van der Waals surface area contributed by atoms with Crippen LogP contribution in [0.1, 0.15) is 42.5 Å². The van der Waals surface area contributed by atoms with Crippen molar-refractivity contribution in [1.82, 2.24) is 4.57 Å². The monoisotopic (exact) mass is 350 g/mol. The summed E-state index contributed by atoms with van der Waals surface area (Å²) in [4.78, 5) is 24.1. The van der Waals surface area contributed by atoms with Crippen LogP contribution in [0.2, 0.25) is 0 Å². The van der Waals surface area contributed by atoms with E-state index in [-0.39, 0.29) is 23.3 Å². The third-order valence-electron chi connectivity index (χ3n) is 5.41. The minimum Gasteiger partial charge on any atom is -0.488 e. The number of aromatic carboxylic acids is 1. The lowest BCUT2D eigenvalue weighted by atomic mass is 9.92. The number of nitrogens with two attached hydrogens (primary N) is 1. The summed E-state index contributed by atoms with van der Waals surface area (Å²) in [6.45, 7) is 0.146. The number of nitrogens with zero attached hydrogens (tertiary/aromatic N) is 1. The first-order valence-corrected chi connectivity index (χ1v) is 8.10. The van der Waals surface area contributed by atoms with Crippen LogP contribution in [0.15, 0.2) is 11.0 Å². The van der Waals surface area contributed by atoms with Crippen molar-refractivity contribution in [3.05, 3.63) is 33.6 Å². The largest absolute Gasteiger partial charge is 0.488 e. The summed E-state index contributed by atoms with van der Waals surface area (Å²) < 4.78 is 35.7. The number of nitrogen functional groups attached to an aromatic ring is 1. The van der Waals surface area contributed by atoms with E-state index < -0.39 is 39.8 Å². The number of fused-ring (bicyclic) bond motifs is 1. The summed E-state index contributed by atoms with van der Waals surface area (Å²) in [5.41, 5.74) is 3.10. The molecule has 1 aromatic heterocycles. The van der Waals surface area contributed by atoms with E-state index in [1.807, 2.05) is 0 Å². The summed E-state index contributed by atoms with van der Waals surface area (Å²) in [5.74, 6) is -4.45. The molecule has 3 N–H and O–H groups in total. The molecule has 4 rings (SSSR count). The lowest BCUT2D eigenvalue weighted by Crippen LogP contribution is -2.33. The Morgan fingerprint density at radius 1 is 1.24 bits per heavy atom. The van der Waals surface area contributed by atoms with Gasteiger partial charge in [-0.25, -0.2) is 9.18 Å². The van der Waals surface area contributed by atoms with Crippen molar-refractivity contribution in [2.75, 3.05) is 12.3 Å². The number of pyridine rings is 1. The number of aromatic nitrogens is 1. The van der Waals surface area contributed by atoms with E-state index in [0.29, 0.717) is 6.42 Å². The fraction of sp³-hybridized carbons (Fsp3) is 0.412. The molecule has 0 radical (unpaired) electrons. The van der Waals surface area contributed by atoms with Crippen molar-refractivity contribution in [1.29, 1.82) is 0 Å². The van der Waals surface area contributed by atoms with E-state index >= 15 is 0 Å². The number of ether oxygens (including phenoxy) is 1. The van der Waals surface area contributed by atoms with Crippen molar-refractivity contribution in [2.45, 2.75) is 37.6 Å². The highest BCUT2D eigenvalue weighted by atomic mass is 19.2. The molecule has 6 nitrogen and oxygen atoms in total. The van der Waals surface area contributed by atoms with Gasteiger partial charge < -0.3 is 20.1 Å². The Bertz CT molecular complexity index is 977. The topological polar surface area (TPSA) is 94.5 Å². The summed E-state index contributed by atoms with van der Waals surface area (Å²) in [7, 11) is 0. The quantitative estimate of drug-likeness (QED) is 0.771. The fourth-order valence-electron chi connectivity index (χ4n) is 4.17. The number of halogens is 2. The average Bonchev–Trinajstić information content (AvgIpc) is 2.98. The van der Waals surface area contributed by atoms with E-state index in [9.17, 15) is 23.5 Å². The van der Waals surface area contributed by atoms with Gasteiger partial charge in [-0.1, -0.05) is 12.8 Å². The summed E-state index contributed by atoms with van der Waals surface area (Å²) in [5, 5.41) is 9.06. The number of rotatable bonds is 1. The van der Waals surface area contributed by atoms with Crippen LogP contribution >= 0.6 is 0 Å². The van der Waals surface area contributed by atoms with E-state index in [1.54, 1.807) is 4.57 Å². The highest BCUT2D eigenvalue weighted by Gasteiger charge is 2.40. The van der Waals surface area contributed by atoms with Crippen molar-refractivity contribution < 1.29 is 23.4 Å². The molecule has 1 aliphatic carbocycles. The second-order valence-electron chi connectivity index (χ2n) is 6.67. The van der Waals surface area contributed by atoms with Crippen LogP contribution in [0.4, 0.5) is 14.5 Å². The van der Waals surface area contributed by atoms with Crippen molar-refractivity contribution in [3.8, 4) is 5.75 Å². The molecule has 0 amide bonds. The van der Waals surface area contributed by atoms with E-state index in [0.717, 1.165) is 25.7 Å². The number of hydrogen-bond donors (Lipinski definition) is 2. The van der Waals surface area contributed by atoms with Gasteiger partial charge in [0.2, 0.25) is 11.2 Å². The molecule has 1 aromatic carbocycles. The molecule has 2 aliphatic rings. The smallest absolute Gasteiger partial charge is 0.341 e. The van der Waals surface area contributed by atoms with Gasteiger partial charge in [0.1, 0.15) is 11.1 Å². The van der Waals surface area contributed by atoms with Crippen LogP contribution in [0.3, 0.4) is 0 Å². The Kier molecular flexibility index (Phi) is 3.28. The molecule has 0 saturated heterocycles. The Balaban J connectivity index is 2.26. The van der Waals surface area contributed by atoms with Gasteiger partial charge in [0.05, 0.1) is 17.7 Å². The van der Waals surface area contributed by atoms with Gasteiger partial charge in [0, 0.05) is 18.2 Å². The number of carboxylic acids is 1. The highest BCUT2D eigenvalue weighted by molar-refractivity contribution is 6.00. The van der Waals surface area contributed by atoms with Gasteiger partial charge in [0.25, 0.3) is 0 Å². The normalized spacial score (nSPS) is 18.3. The van der Waals surface area contributed by atoms with Gasteiger partial charge in [-0.05, 0) is 12.8 Å². The zero-order chi connectivity index (χ0) is 17.9. The SMILES string of the molecule is Nc1c(F)c(F)c2c3c1c(=O)c(C(=O)O)cn3C1(CCCC1)CCO2. The molecule has 2 aromatic rings. The van der Waals surface area contributed by atoms with Gasteiger partial charge in [0.15, 0.2) is 11.6 Å². The Morgan fingerprint density at radius 3 is 2.56 bits per heavy atom. The Morgan fingerprint density at radius 2 is 1.92 bits per heavy atom. The number of hydrogen-bond acceptors (Lipinski definition) is 4. The minimum absolute atomic E-state index is 0.0470. The van der Waals surface area contributed by atoms with Gasteiger partial charge in [-0.2, -0.15) is 4.39 Å². The average molecular weight is 350 g/mol. The standard InChI is InChI=1S/C17H16F2N2O4/c18-10-11(19)15-13-9(12(10)20)14(22)8(16(23)24)7-21(13)17(5-6-25-15)3-1-2-4-17/h7H,1-6,20H2,(H,23,24). The second kappa shape index (κ2) is 5.18. The lowest BCUT2D eigenvalue weighted by molar-refractivity contribution is 0.0694. The molecule has 8 heteroatoms. The molecule has 25 heavy (non-hydrogen) atoms. The first-order chi connectivity index (χ1) is 11.9. The molecule has 1 spiro atoms. The van der Waals surface area contributed by atoms with Crippen LogP contribution < -0.4 is 15.9 Å². The van der Waals surface area contributed by atoms with E-state index in [2.05, 4.69) is 0 Å². The first-order valence-electron chi connectivity index (χ1n) is 8.10. The fourth-order valence-corrected chi connectivity index (χ4v) is 4.17. The van der Waals surface area contributed by atoms with Crippen LogP contribution in [0.25, 0.3) is 10.9 Å². The van der Waals surface area contributed by atoms with E-state index in [4.69, 9.17) is 10.5 Å². The Labute approximate surface area is 140 Å². The summed E-state index contributed by atoms with van der Waals surface area (Å²) in [6.07, 6.45) is 5.07.